The van der Waals surface area contributed by atoms with Crippen molar-refractivity contribution in [3.8, 4) is 0 Å². The van der Waals surface area contributed by atoms with E-state index in [-0.39, 0.29) is 20.9 Å². The summed E-state index contributed by atoms with van der Waals surface area (Å²) < 4.78 is 3.35. The van der Waals surface area contributed by atoms with E-state index in [9.17, 15) is 0 Å². The SMILES string of the molecule is CC/C=C(\CCCCCCCCCC)[Te]c1ccccc1. The van der Waals surface area contributed by atoms with Gasteiger partial charge in [0.25, 0.3) is 0 Å². The van der Waals surface area contributed by atoms with Gasteiger partial charge in [0.05, 0.1) is 0 Å². The van der Waals surface area contributed by atoms with E-state index in [2.05, 4.69) is 50.3 Å². The molecule has 0 atom stereocenters. The molecule has 0 amide bonds. The Bertz CT molecular complexity index is 367. The zero-order chi connectivity index (χ0) is 15.2. The molecule has 0 heterocycles. The predicted octanol–water partition coefficient (Wildman–Crippen LogP) is 5.84. The van der Waals surface area contributed by atoms with E-state index in [1.807, 2.05) is 0 Å². The third-order valence-electron chi connectivity index (χ3n) is 3.70. The predicted molar refractivity (Wildman–Crippen MR) is 97.4 cm³/mol. The molecule has 0 nitrogen and oxygen atoms in total. The summed E-state index contributed by atoms with van der Waals surface area (Å²) in [6.45, 7) is 4.56. The van der Waals surface area contributed by atoms with E-state index < -0.39 is 0 Å². The molecule has 0 aromatic heterocycles. The van der Waals surface area contributed by atoms with Crippen molar-refractivity contribution in [1.29, 1.82) is 0 Å². The van der Waals surface area contributed by atoms with Crippen molar-refractivity contribution in [3.63, 3.8) is 0 Å². The molecule has 1 aromatic carbocycles. The molecule has 0 saturated heterocycles. The van der Waals surface area contributed by atoms with Crippen LogP contribution in [0.1, 0.15) is 78.1 Å². The Hall–Kier alpha value is -0.250. The van der Waals surface area contributed by atoms with E-state index >= 15 is 0 Å². The van der Waals surface area contributed by atoms with Crippen molar-refractivity contribution in [2.75, 3.05) is 0 Å². The van der Waals surface area contributed by atoms with Gasteiger partial charge in [-0.05, 0) is 0 Å². The maximum absolute atomic E-state index is 2.50. The molecule has 0 saturated carbocycles. The Morgan fingerprint density at radius 1 is 0.857 bits per heavy atom. The van der Waals surface area contributed by atoms with E-state index in [0.717, 1.165) is 0 Å². The molecule has 0 N–H and O–H groups in total. The maximum atomic E-state index is 2.50. The zero-order valence-corrected chi connectivity index (χ0v) is 16.3. The van der Waals surface area contributed by atoms with E-state index in [4.69, 9.17) is 0 Å². The molecule has 1 aromatic rings. The monoisotopic (exact) mass is 402 g/mol. The van der Waals surface area contributed by atoms with Crippen molar-refractivity contribution in [2.45, 2.75) is 78.1 Å². The Labute approximate surface area is 142 Å². The molecule has 0 fully saturated rings. The topological polar surface area (TPSA) is 0 Å². The molecule has 1 rings (SSSR count). The van der Waals surface area contributed by atoms with Gasteiger partial charge in [0.1, 0.15) is 0 Å². The van der Waals surface area contributed by atoms with Crippen LogP contribution in [-0.2, 0) is 0 Å². The molecule has 0 spiro atoms. The van der Waals surface area contributed by atoms with E-state index in [1.165, 1.54) is 64.2 Å². The quantitative estimate of drug-likeness (QED) is 0.306. The first-order valence-corrected chi connectivity index (χ1v) is 11.1. The van der Waals surface area contributed by atoms with Gasteiger partial charge in [-0.25, -0.2) is 0 Å². The number of hydrogen-bond acceptors (Lipinski definition) is 0. The van der Waals surface area contributed by atoms with E-state index in [1.54, 1.807) is 7.23 Å². The van der Waals surface area contributed by atoms with Gasteiger partial charge in [-0.3, -0.25) is 0 Å². The minimum atomic E-state index is -0.112. The first-order valence-electron chi connectivity index (χ1n) is 8.78. The average Bonchev–Trinajstić information content (AvgIpc) is 2.51. The number of benzene rings is 1. The average molecular weight is 400 g/mol. The molecular weight excluding hydrogens is 368 g/mol. The summed E-state index contributed by atoms with van der Waals surface area (Å²) in [4.78, 5) is 0. The molecule has 0 aliphatic rings. The fourth-order valence-electron chi connectivity index (χ4n) is 2.50. The van der Waals surface area contributed by atoms with Crippen molar-refractivity contribution in [3.05, 3.63) is 40.0 Å². The number of unbranched alkanes of at least 4 members (excludes halogenated alkanes) is 7. The van der Waals surface area contributed by atoms with E-state index in [0.29, 0.717) is 0 Å². The normalized spacial score (nSPS) is 11.8. The Morgan fingerprint density at radius 2 is 1.48 bits per heavy atom. The Morgan fingerprint density at radius 3 is 2.10 bits per heavy atom. The van der Waals surface area contributed by atoms with Crippen molar-refractivity contribution in [1.82, 2.24) is 0 Å². The molecule has 21 heavy (non-hydrogen) atoms. The molecule has 0 bridgehead atoms. The summed E-state index contributed by atoms with van der Waals surface area (Å²) in [5, 5.41) is 0. The molecule has 118 valence electrons. The second-order valence-electron chi connectivity index (χ2n) is 5.72. The van der Waals surface area contributed by atoms with Gasteiger partial charge in [-0.15, -0.1) is 0 Å². The van der Waals surface area contributed by atoms with Crippen molar-refractivity contribution in [2.24, 2.45) is 0 Å². The van der Waals surface area contributed by atoms with Crippen LogP contribution in [0.3, 0.4) is 0 Å². The van der Waals surface area contributed by atoms with Crippen molar-refractivity contribution < 1.29 is 0 Å². The Kier molecular flexibility index (Phi) is 12.0. The fourth-order valence-corrected chi connectivity index (χ4v) is 5.61. The van der Waals surface area contributed by atoms with Crippen LogP contribution in [0.5, 0.6) is 0 Å². The van der Waals surface area contributed by atoms with Crippen molar-refractivity contribution >= 4 is 24.5 Å². The summed E-state index contributed by atoms with van der Waals surface area (Å²) in [5.41, 5.74) is 0. The van der Waals surface area contributed by atoms with Crippen LogP contribution in [0.4, 0.5) is 0 Å². The number of allylic oxidation sites excluding steroid dienone is 2. The van der Waals surface area contributed by atoms with Gasteiger partial charge in [0.2, 0.25) is 0 Å². The summed E-state index contributed by atoms with van der Waals surface area (Å²) in [5.74, 6) is 0. The summed E-state index contributed by atoms with van der Waals surface area (Å²) >= 11 is -0.112. The van der Waals surface area contributed by atoms with Gasteiger partial charge >= 0.3 is 143 Å². The number of rotatable bonds is 12. The first kappa shape index (κ1) is 18.8. The van der Waals surface area contributed by atoms with Crippen LogP contribution in [0.2, 0.25) is 0 Å². The minimum absolute atomic E-state index is 0.112. The third kappa shape index (κ3) is 10.2. The van der Waals surface area contributed by atoms with Crippen LogP contribution in [0.15, 0.2) is 40.0 Å². The standard InChI is InChI=1S/C20H32Te/c1-3-5-6-7-8-9-10-12-16-19(15-4-2)21-20-17-13-11-14-18-20/h11,13-15,17-18H,3-10,12,16H2,1-2H3/b19-15+. The van der Waals surface area contributed by atoms with Crippen LogP contribution < -0.4 is 3.61 Å². The first-order chi connectivity index (χ1) is 10.4. The summed E-state index contributed by atoms with van der Waals surface area (Å²) in [6.07, 6.45) is 16.4. The van der Waals surface area contributed by atoms with Gasteiger partial charge < -0.3 is 0 Å². The van der Waals surface area contributed by atoms with Crippen LogP contribution >= 0.6 is 0 Å². The second-order valence-corrected chi connectivity index (χ2v) is 9.14. The van der Waals surface area contributed by atoms with Gasteiger partial charge in [0, 0.05) is 0 Å². The zero-order valence-electron chi connectivity index (χ0n) is 13.9. The fraction of sp³-hybridized carbons (Fsp3) is 0.600. The molecule has 0 aliphatic carbocycles. The van der Waals surface area contributed by atoms with Crippen LogP contribution in [-0.4, -0.2) is 20.9 Å². The molecule has 0 aliphatic heterocycles. The Balaban J connectivity index is 2.16. The molecule has 0 unspecified atom stereocenters. The molecule has 1 heteroatoms. The summed E-state index contributed by atoms with van der Waals surface area (Å²) in [6, 6.07) is 11.1. The van der Waals surface area contributed by atoms with Crippen LogP contribution in [0, 0.1) is 0 Å². The van der Waals surface area contributed by atoms with Gasteiger partial charge in [0.15, 0.2) is 0 Å². The second kappa shape index (κ2) is 13.4. The molecular formula is C20H32Te. The van der Waals surface area contributed by atoms with Gasteiger partial charge in [-0.1, -0.05) is 0 Å². The third-order valence-corrected chi connectivity index (χ3v) is 6.96. The number of hydrogen-bond donors (Lipinski definition) is 0. The summed E-state index contributed by atoms with van der Waals surface area (Å²) in [7, 11) is 0. The van der Waals surface area contributed by atoms with Gasteiger partial charge in [-0.2, -0.15) is 0 Å². The molecule has 0 radical (unpaired) electrons. The van der Waals surface area contributed by atoms with Crippen LogP contribution in [0.25, 0.3) is 0 Å².